The number of rotatable bonds is 3. The Hall–Kier alpha value is -0.600. The summed E-state index contributed by atoms with van der Waals surface area (Å²) in [5.41, 5.74) is 2.58. The molecule has 0 bridgehead atoms. The van der Waals surface area contributed by atoms with Crippen molar-refractivity contribution < 1.29 is 0 Å². The van der Waals surface area contributed by atoms with Gasteiger partial charge in [0.2, 0.25) is 0 Å². The Balaban J connectivity index is 2.73. The van der Waals surface area contributed by atoms with Gasteiger partial charge in [-0.2, -0.15) is 0 Å². The van der Waals surface area contributed by atoms with Crippen molar-refractivity contribution in [1.82, 2.24) is 5.32 Å². The molecule has 0 aliphatic heterocycles. The van der Waals surface area contributed by atoms with Gasteiger partial charge in [-0.05, 0) is 31.7 Å². The van der Waals surface area contributed by atoms with Crippen LogP contribution < -0.4 is 5.32 Å². The average Bonchev–Trinajstić information content (AvgIpc) is 2.09. The summed E-state index contributed by atoms with van der Waals surface area (Å²) in [6.07, 6.45) is 2.18. The zero-order valence-electron chi connectivity index (χ0n) is 7.97. The highest BCUT2D eigenvalue weighted by Crippen LogP contribution is 2.12. The summed E-state index contributed by atoms with van der Waals surface area (Å²) in [5, 5.41) is 3.12. The standard InChI is InChI=1S/C11H14BrN/c1-9(8-13-2)7-10-3-5-11(12)6-4-10/h3-7,13H,8H2,1-2H3/b9-7+. The molecule has 0 unspecified atom stereocenters. The SMILES string of the molecule is CNC/C(C)=C/c1ccc(Br)cc1. The van der Waals surface area contributed by atoms with Gasteiger partial charge in [0.05, 0.1) is 0 Å². The van der Waals surface area contributed by atoms with E-state index in [1.54, 1.807) is 0 Å². The van der Waals surface area contributed by atoms with Gasteiger partial charge in [-0.3, -0.25) is 0 Å². The molecule has 1 rings (SSSR count). The van der Waals surface area contributed by atoms with Crippen LogP contribution in [0.1, 0.15) is 12.5 Å². The fourth-order valence-corrected chi connectivity index (χ4v) is 1.44. The van der Waals surface area contributed by atoms with Gasteiger partial charge in [0.1, 0.15) is 0 Å². The first-order chi connectivity index (χ1) is 6.22. The summed E-state index contributed by atoms with van der Waals surface area (Å²) >= 11 is 3.41. The number of halogens is 1. The fourth-order valence-electron chi connectivity index (χ4n) is 1.17. The third-order valence-electron chi connectivity index (χ3n) is 1.74. The van der Waals surface area contributed by atoms with Crippen molar-refractivity contribution in [1.29, 1.82) is 0 Å². The Labute approximate surface area is 88.0 Å². The molecule has 0 heterocycles. The maximum atomic E-state index is 3.41. The van der Waals surface area contributed by atoms with Gasteiger partial charge in [0.15, 0.2) is 0 Å². The predicted molar refractivity (Wildman–Crippen MR) is 61.7 cm³/mol. The molecular formula is C11H14BrN. The molecule has 0 aliphatic carbocycles. The largest absolute Gasteiger partial charge is 0.316 e. The van der Waals surface area contributed by atoms with Crippen molar-refractivity contribution in [3.05, 3.63) is 39.9 Å². The van der Waals surface area contributed by atoms with Crippen LogP contribution in [0.5, 0.6) is 0 Å². The average molecular weight is 240 g/mol. The summed E-state index contributed by atoms with van der Waals surface area (Å²) in [7, 11) is 1.96. The molecule has 0 radical (unpaired) electrons. The molecule has 0 saturated carbocycles. The molecule has 0 saturated heterocycles. The Bertz CT molecular complexity index is 287. The van der Waals surface area contributed by atoms with E-state index in [1.165, 1.54) is 11.1 Å². The molecule has 1 aromatic carbocycles. The van der Waals surface area contributed by atoms with Crippen molar-refractivity contribution >= 4 is 22.0 Å². The van der Waals surface area contributed by atoms with Crippen molar-refractivity contribution in [2.45, 2.75) is 6.92 Å². The zero-order chi connectivity index (χ0) is 9.68. The van der Waals surface area contributed by atoms with Gasteiger partial charge >= 0.3 is 0 Å². The molecule has 0 aromatic heterocycles. The van der Waals surface area contributed by atoms with Crippen LogP contribution in [0.15, 0.2) is 34.3 Å². The van der Waals surface area contributed by atoms with E-state index in [9.17, 15) is 0 Å². The maximum Gasteiger partial charge on any atom is 0.0175 e. The van der Waals surface area contributed by atoms with Gasteiger partial charge in [-0.1, -0.05) is 39.7 Å². The third kappa shape index (κ3) is 3.75. The lowest BCUT2D eigenvalue weighted by molar-refractivity contribution is 0.884. The highest BCUT2D eigenvalue weighted by molar-refractivity contribution is 9.10. The monoisotopic (exact) mass is 239 g/mol. The maximum absolute atomic E-state index is 3.41. The second kappa shape index (κ2) is 5.20. The summed E-state index contributed by atoms with van der Waals surface area (Å²) in [6, 6.07) is 8.31. The molecule has 1 nitrogen and oxygen atoms in total. The van der Waals surface area contributed by atoms with E-state index in [2.05, 4.69) is 58.5 Å². The second-order valence-electron chi connectivity index (χ2n) is 3.07. The first kappa shape index (κ1) is 10.5. The number of hydrogen-bond acceptors (Lipinski definition) is 1. The van der Waals surface area contributed by atoms with Crippen LogP contribution in [0.2, 0.25) is 0 Å². The Kier molecular flexibility index (Phi) is 4.19. The van der Waals surface area contributed by atoms with Crippen LogP contribution in [0.3, 0.4) is 0 Å². The smallest absolute Gasteiger partial charge is 0.0175 e. The van der Waals surface area contributed by atoms with E-state index < -0.39 is 0 Å². The fraction of sp³-hybridized carbons (Fsp3) is 0.273. The van der Waals surface area contributed by atoms with Crippen molar-refractivity contribution in [3.8, 4) is 0 Å². The molecule has 1 N–H and O–H groups in total. The van der Waals surface area contributed by atoms with Crippen molar-refractivity contribution in [2.75, 3.05) is 13.6 Å². The third-order valence-corrected chi connectivity index (χ3v) is 2.27. The summed E-state index contributed by atoms with van der Waals surface area (Å²) in [5.74, 6) is 0. The highest BCUT2D eigenvalue weighted by atomic mass is 79.9. The number of hydrogen-bond donors (Lipinski definition) is 1. The van der Waals surface area contributed by atoms with E-state index in [0.717, 1.165) is 11.0 Å². The molecule has 0 amide bonds. The van der Waals surface area contributed by atoms with Gasteiger partial charge in [-0.25, -0.2) is 0 Å². The van der Waals surface area contributed by atoms with Crippen LogP contribution >= 0.6 is 15.9 Å². The molecule has 2 heteroatoms. The lowest BCUT2D eigenvalue weighted by Gasteiger charge is -1.99. The highest BCUT2D eigenvalue weighted by Gasteiger charge is 1.90. The van der Waals surface area contributed by atoms with E-state index in [0.29, 0.717) is 0 Å². The lowest BCUT2D eigenvalue weighted by Crippen LogP contribution is -2.08. The first-order valence-corrected chi connectivity index (χ1v) is 5.09. The van der Waals surface area contributed by atoms with Crippen LogP contribution in [-0.4, -0.2) is 13.6 Å². The molecule has 0 atom stereocenters. The van der Waals surface area contributed by atoms with Crippen molar-refractivity contribution in [2.24, 2.45) is 0 Å². The normalized spacial score (nSPS) is 11.8. The predicted octanol–water partition coefficient (Wildman–Crippen LogP) is 3.07. The minimum Gasteiger partial charge on any atom is -0.316 e. The summed E-state index contributed by atoms with van der Waals surface area (Å²) < 4.78 is 1.12. The van der Waals surface area contributed by atoms with Gasteiger partial charge in [0, 0.05) is 11.0 Å². The Morgan fingerprint density at radius 3 is 2.54 bits per heavy atom. The van der Waals surface area contributed by atoms with E-state index in [4.69, 9.17) is 0 Å². The zero-order valence-corrected chi connectivity index (χ0v) is 9.56. The number of likely N-dealkylation sites (N-methyl/N-ethyl adjacent to an activating group) is 1. The van der Waals surface area contributed by atoms with E-state index in [-0.39, 0.29) is 0 Å². The second-order valence-corrected chi connectivity index (χ2v) is 3.99. The summed E-state index contributed by atoms with van der Waals surface area (Å²) in [4.78, 5) is 0. The van der Waals surface area contributed by atoms with E-state index >= 15 is 0 Å². The Morgan fingerprint density at radius 2 is 2.00 bits per heavy atom. The minimum atomic E-state index is 0.941. The van der Waals surface area contributed by atoms with Gasteiger partial charge in [0.25, 0.3) is 0 Å². The molecule has 0 fully saturated rings. The van der Waals surface area contributed by atoms with Gasteiger partial charge < -0.3 is 5.32 Å². The molecule has 1 aromatic rings. The molecule has 0 aliphatic rings. The first-order valence-electron chi connectivity index (χ1n) is 4.29. The van der Waals surface area contributed by atoms with Gasteiger partial charge in [-0.15, -0.1) is 0 Å². The topological polar surface area (TPSA) is 12.0 Å². The molecule has 70 valence electrons. The van der Waals surface area contributed by atoms with Crippen LogP contribution in [0.25, 0.3) is 6.08 Å². The van der Waals surface area contributed by atoms with Crippen LogP contribution in [0, 0.1) is 0 Å². The Morgan fingerprint density at radius 1 is 1.38 bits per heavy atom. The van der Waals surface area contributed by atoms with Crippen LogP contribution in [0.4, 0.5) is 0 Å². The molecule has 0 spiro atoms. The summed E-state index contributed by atoms with van der Waals surface area (Å²) in [6.45, 7) is 3.06. The quantitative estimate of drug-likeness (QED) is 0.856. The molecule has 13 heavy (non-hydrogen) atoms. The van der Waals surface area contributed by atoms with E-state index in [1.807, 2.05) is 7.05 Å². The van der Waals surface area contributed by atoms with Crippen LogP contribution in [-0.2, 0) is 0 Å². The van der Waals surface area contributed by atoms with Crippen molar-refractivity contribution in [3.63, 3.8) is 0 Å². The number of benzene rings is 1. The number of nitrogens with one attached hydrogen (secondary N) is 1. The lowest BCUT2D eigenvalue weighted by atomic mass is 10.1. The molecular weight excluding hydrogens is 226 g/mol. The minimum absolute atomic E-state index is 0.941.